The summed E-state index contributed by atoms with van der Waals surface area (Å²) in [4.78, 5) is 14.8. The Morgan fingerprint density at radius 1 is 1.06 bits per heavy atom. The first-order valence-electron chi connectivity index (χ1n) is 11.4. The third kappa shape index (κ3) is 3.95. The van der Waals surface area contributed by atoms with E-state index in [9.17, 15) is 4.79 Å². The van der Waals surface area contributed by atoms with Crippen molar-refractivity contribution < 1.29 is 18.7 Å². The minimum absolute atomic E-state index is 0.218. The van der Waals surface area contributed by atoms with Crippen molar-refractivity contribution in [3.8, 4) is 11.5 Å². The molecule has 168 valence electrons. The molecule has 0 saturated carbocycles. The molecule has 0 bridgehead atoms. The molecular formula is C26H30N2O4. The van der Waals surface area contributed by atoms with E-state index in [1.807, 2.05) is 11.0 Å². The summed E-state index contributed by atoms with van der Waals surface area (Å²) >= 11 is 0. The fraction of sp³-hybridized carbons (Fsp3) is 0.423. The first-order chi connectivity index (χ1) is 15.7. The lowest BCUT2D eigenvalue weighted by Crippen LogP contribution is -2.36. The summed E-state index contributed by atoms with van der Waals surface area (Å²) in [6.45, 7) is 3.10. The second-order valence-electron chi connectivity index (χ2n) is 8.72. The smallest absolute Gasteiger partial charge is 0.223 e. The molecule has 1 N–H and O–H groups in total. The Morgan fingerprint density at radius 3 is 2.47 bits per heavy atom. The van der Waals surface area contributed by atoms with Gasteiger partial charge in [0.2, 0.25) is 5.91 Å². The first kappa shape index (κ1) is 20.9. The zero-order valence-electron chi connectivity index (χ0n) is 18.8. The lowest BCUT2D eigenvalue weighted by Gasteiger charge is -2.30. The number of fused-ring (bicyclic) bond motifs is 3. The molecule has 6 heteroatoms. The van der Waals surface area contributed by atoms with Crippen molar-refractivity contribution >= 4 is 16.9 Å². The van der Waals surface area contributed by atoms with E-state index in [4.69, 9.17) is 13.9 Å². The monoisotopic (exact) mass is 434 g/mol. The van der Waals surface area contributed by atoms with E-state index >= 15 is 0 Å². The lowest BCUT2D eigenvalue weighted by atomic mass is 9.77. The average molecular weight is 435 g/mol. The molecule has 1 atom stereocenters. The maximum absolute atomic E-state index is 12.8. The van der Waals surface area contributed by atoms with Crippen LogP contribution in [0.1, 0.15) is 34.6 Å². The van der Waals surface area contributed by atoms with Crippen LogP contribution in [-0.4, -0.2) is 51.2 Å². The molecule has 2 aromatic carbocycles. The maximum Gasteiger partial charge on any atom is 0.223 e. The molecule has 2 aliphatic rings. The van der Waals surface area contributed by atoms with Crippen LogP contribution in [0.3, 0.4) is 0 Å². The summed E-state index contributed by atoms with van der Waals surface area (Å²) in [5, 5.41) is 4.67. The molecule has 2 heterocycles. The normalized spacial score (nSPS) is 17.3. The quantitative estimate of drug-likeness (QED) is 0.575. The number of hydrogen-bond acceptors (Lipinski definition) is 5. The van der Waals surface area contributed by atoms with E-state index in [0.717, 1.165) is 56.0 Å². The van der Waals surface area contributed by atoms with Crippen molar-refractivity contribution in [1.29, 1.82) is 0 Å². The van der Waals surface area contributed by atoms with Gasteiger partial charge in [-0.1, -0.05) is 0 Å². The van der Waals surface area contributed by atoms with Gasteiger partial charge in [0.1, 0.15) is 5.58 Å². The molecule has 1 aliphatic carbocycles. The van der Waals surface area contributed by atoms with Crippen LogP contribution in [-0.2, 0) is 24.1 Å². The van der Waals surface area contributed by atoms with E-state index in [-0.39, 0.29) is 5.91 Å². The van der Waals surface area contributed by atoms with Gasteiger partial charge >= 0.3 is 0 Å². The molecule has 0 saturated heterocycles. The second-order valence-corrected chi connectivity index (χ2v) is 8.72. The highest BCUT2D eigenvalue weighted by molar-refractivity contribution is 5.80. The molecule has 0 spiro atoms. The molecule has 6 nitrogen and oxygen atoms in total. The van der Waals surface area contributed by atoms with E-state index in [0.29, 0.717) is 18.9 Å². The molecule has 32 heavy (non-hydrogen) atoms. The summed E-state index contributed by atoms with van der Waals surface area (Å²) < 4.78 is 16.4. The van der Waals surface area contributed by atoms with Gasteiger partial charge in [0.05, 0.1) is 20.5 Å². The molecule has 3 aromatic rings. The van der Waals surface area contributed by atoms with Gasteiger partial charge in [0.15, 0.2) is 11.5 Å². The van der Waals surface area contributed by atoms with E-state index in [1.165, 1.54) is 27.6 Å². The Balaban J connectivity index is 1.10. The van der Waals surface area contributed by atoms with Crippen LogP contribution in [0.25, 0.3) is 11.0 Å². The largest absolute Gasteiger partial charge is 0.493 e. The third-order valence-electron chi connectivity index (χ3n) is 6.89. The number of nitrogens with one attached hydrogen (secondary N) is 1. The second kappa shape index (κ2) is 8.87. The molecule has 5 rings (SSSR count). The number of methoxy groups -OCH3 is 2. The van der Waals surface area contributed by atoms with Gasteiger partial charge in [0, 0.05) is 43.9 Å². The van der Waals surface area contributed by atoms with E-state index in [2.05, 4.69) is 29.6 Å². The van der Waals surface area contributed by atoms with Crippen LogP contribution in [0.2, 0.25) is 0 Å². The zero-order chi connectivity index (χ0) is 22.1. The van der Waals surface area contributed by atoms with Crippen LogP contribution in [0.15, 0.2) is 41.0 Å². The van der Waals surface area contributed by atoms with Crippen molar-refractivity contribution in [3.63, 3.8) is 0 Å². The van der Waals surface area contributed by atoms with Crippen LogP contribution >= 0.6 is 0 Å². The zero-order valence-corrected chi connectivity index (χ0v) is 18.8. The number of carbonyl (C=O) groups excluding carboxylic acids is 1. The summed E-state index contributed by atoms with van der Waals surface area (Å²) in [6.07, 6.45) is 5.05. The summed E-state index contributed by atoms with van der Waals surface area (Å²) in [5.74, 6) is 2.23. The number of nitrogens with zero attached hydrogens (tertiary/aromatic N) is 1. The molecule has 0 radical (unpaired) electrons. The molecule has 1 amide bonds. The number of hydrogen-bond donors (Lipinski definition) is 1. The minimum Gasteiger partial charge on any atom is -0.493 e. The number of rotatable bonds is 7. The van der Waals surface area contributed by atoms with Crippen LogP contribution < -0.4 is 14.8 Å². The summed E-state index contributed by atoms with van der Waals surface area (Å²) in [7, 11) is 3.31. The topological polar surface area (TPSA) is 63.9 Å². The number of ether oxygens (including phenoxy) is 2. The molecular weight excluding hydrogens is 404 g/mol. The highest BCUT2D eigenvalue weighted by Gasteiger charge is 2.27. The highest BCUT2D eigenvalue weighted by Crippen LogP contribution is 2.38. The number of amides is 1. The van der Waals surface area contributed by atoms with E-state index < -0.39 is 0 Å². The Kier molecular flexibility index (Phi) is 5.79. The molecule has 1 unspecified atom stereocenters. The molecule has 0 fully saturated rings. The summed E-state index contributed by atoms with van der Waals surface area (Å²) in [5.41, 5.74) is 6.23. The van der Waals surface area contributed by atoms with Gasteiger partial charge in [-0.15, -0.1) is 0 Å². The van der Waals surface area contributed by atoms with Crippen molar-refractivity contribution in [1.82, 2.24) is 10.2 Å². The van der Waals surface area contributed by atoms with Crippen molar-refractivity contribution in [2.75, 3.05) is 40.4 Å². The average Bonchev–Trinajstić information content (AvgIpc) is 3.16. The third-order valence-corrected chi connectivity index (χ3v) is 6.89. The standard InChI is InChI=1S/C26H30N2O4/c1-30-24-13-17-4-8-28(9-5-18(17)14-25(24)31-2)26(29)3-7-27-16-21-12-20-11-19-6-10-32-23(19)15-22(20)21/h6,10-11,13-15,21,27H,3-5,7-9,12,16H2,1-2H3. The first-order valence-corrected chi connectivity index (χ1v) is 11.4. The Hall–Kier alpha value is -2.99. The van der Waals surface area contributed by atoms with Gasteiger partial charge in [0.25, 0.3) is 0 Å². The minimum atomic E-state index is 0.218. The Morgan fingerprint density at radius 2 is 1.78 bits per heavy atom. The number of carbonyl (C=O) groups is 1. The van der Waals surface area contributed by atoms with Crippen molar-refractivity contribution in [2.24, 2.45) is 0 Å². The van der Waals surface area contributed by atoms with Crippen LogP contribution in [0.4, 0.5) is 0 Å². The molecule has 1 aliphatic heterocycles. The Labute approximate surface area is 188 Å². The number of furan rings is 1. The fourth-order valence-corrected chi connectivity index (χ4v) is 4.99. The fourth-order valence-electron chi connectivity index (χ4n) is 4.99. The van der Waals surface area contributed by atoms with Gasteiger partial charge in [-0.2, -0.15) is 0 Å². The van der Waals surface area contributed by atoms with Crippen molar-refractivity contribution in [3.05, 3.63) is 58.8 Å². The predicted molar refractivity (Wildman–Crippen MR) is 124 cm³/mol. The SMILES string of the molecule is COc1cc2c(cc1OC)CCN(C(=O)CCNCC1Cc3cc4ccoc4cc31)CC2. The Bertz CT molecular complexity index is 1100. The van der Waals surface area contributed by atoms with Crippen LogP contribution in [0, 0.1) is 0 Å². The van der Waals surface area contributed by atoms with Gasteiger partial charge < -0.3 is 24.1 Å². The maximum atomic E-state index is 12.8. The van der Waals surface area contributed by atoms with Gasteiger partial charge in [-0.3, -0.25) is 4.79 Å². The van der Waals surface area contributed by atoms with Crippen molar-refractivity contribution in [2.45, 2.75) is 31.6 Å². The lowest BCUT2D eigenvalue weighted by molar-refractivity contribution is -0.131. The summed E-state index contributed by atoms with van der Waals surface area (Å²) in [6, 6.07) is 10.5. The number of benzene rings is 2. The molecule has 1 aromatic heterocycles. The van der Waals surface area contributed by atoms with Gasteiger partial charge in [-0.05, 0) is 71.8 Å². The predicted octanol–water partition coefficient (Wildman–Crippen LogP) is 3.70. The van der Waals surface area contributed by atoms with Crippen LogP contribution in [0.5, 0.6) is 11.5 Å². The van der Waals surface area contributed by atoms with E-state index in [1.54, 1.807) is 20.5 Å². The highest BCUT2D eigenvalue weighted by atomic mass is 16.5. The van der Waals surface area contributed by atoms with Gasteiger partial charge in [-0.25, -0.2) is 0 Å².